The Kier molecular flexibility index (Phi) is 5.63. The van der Waals surface area contributed by atoms with Crippen molar-refractivity contribution in [3.63, 3.8) is 0 Å². The minimum Gasteiger partial charge on any atom is -0.422 e. The first-order valence-corrected chi connectivity index (χ1v) is 9.78. The highest BCUT2D eigenvalue weighted by Crippen LogP contribution is 2.26. The number of fused-ring (bicyclic) bond motifs is 1. The van der Waals surface area contributed by atoms with Gasteiger partial charge in [0.15, 0.2) is 0 Å². The summed E-state index contributed by atoms with van der Waals surface area (Å²) in [6.07, 6.45) is 2.81. The van der Waals surface area contributed by atoms with Crippen molar-refractivity contribution in [2.24, 2.45) is 0 Å². The molecule has 0 aliphatic heterocycles. The van der Waals surface area contributed by atoms with E-state index in [0.29, 0.717) is 22.4 Å². The zero-order chi connectivity index (χ0) is 22.7. The average Bonchev–Trinajstić information content (AvgIpc) is 2.78. The Bertz CT molecular complexity index is 1440. The Morgan fingerprint density at radius 2 is 1.81 bits per heavy atom. The van der Waals surface area contributed by atoms with E-state index in [4.69, 9.17) is 4.42 Å². The number of aryl methyl sites for hydroxylation is 1. The molecule has 0 unspecified atom stereocenters. The predicted molar refractivity (Wildman–Crippen MR) is 123 cm³/mol. The summed E-state index contributed by atoms with van der Waals surface area (Å²) >= 11 is 0. The Labute approximate surface area is 182 Å². The smallest absolute Gasteiger partial charge is 0.344 e. The number of non-ortho nitro benzene ring substituents is 1. The summed E-state index contributed by atoms with van der Waals surface area (Å²) in [7, 11) is 0. The summed E-state index contributed by atoms with van der Waals surface area (Å²) in [5, 5.41) is 14.4. The lowest BCUT2D eigenvalue weighted by molar-refractivity contribution is -0.384. The van der Waals surface area contributed by atoms with Gasteiger partial charge in [0, 0.05) is 29.3 Å². The van der Waals surface area contributed by atoms with Gasteiger partial charge < -0.3 is 9.73 Å². The van der Waals surface area contributed by atoms with E-state index in [9.17, 15) is 19.7 Å². The van der Waals surface area contributed by atoms with Gasteiger partial charge in [-0.25, -0.2) is 4.79 Å². The molecule has 7 nitrogen and oxygen atoms in total. The Morgan fingerprint density at radius 3 is 2.59 bits per heavy atom. The van der Waals surface area contributed by atoms with Crippen LogP contribution >= 0.6 is 0 Å². The molecule has 0 spiro atoms. The molecule has 3 aromatic carbocycles. The van der Waals surface area contributed by atoms with Crippen molar-refractivity contribution in [1.29, 1.82) is 0 Å². The quantitative estimate of drug-likeness (QED) is 0.201. The molecule has 0 atom stereocenters. The van der Waals surface area contributed by atoms with Crippen molar-refractivity contribution in [1.82, 2.24) is 0 Å². The molecular weight excluding hydrogens is 408 g/mol. The van der Waals surface area contributed by atoms with Crippen molar-refractivity contribution in [3.8, 4) is 11.1 Å². The summed E-state index contributed by atoms with van der Waals surface area (Å²) < 4.78 is 5.42. The molecule has 4 aromatic rings. The first-order chi connectivity index (χ1) is 15.4. The number of nitrogens with zero attached hydrogens (tertiary/aromatic N) is 1. The maximum atomic E-state index is 12.4. The number of hydrogen-bond donors (Lipinski definition) is 1. The monoisotopic (exact) mass is 426 g/mol. The standard InChI is InChI=1S/C25H18N2O5/c1-16-13-19(26-24(28)12-9-17-5-4-7-20(14-17)27(30)31)10-11-21(16)22-15-18-6-2-3-8-23(18)32-25(22)29/h2-15H,1H3,(H,26,28). The van der Waals surface area contributed by atoms with Crippen molar-refractivity contribution < 1.29 is 14.1 Å². The number of carbonyl (C=O) groups is 1. The average molecular weight is 426 g/mol. The van der Waals surface area contributed by atoms with Gasteiger partial charge in [-0.3, -0.25) is 14.9 Å². The van der Waals surface area contributed by atoms with Crippen LogP contribution in [0.3, 0.4) is 0 Å². The van der Waals surface area contributed by atoms with E-state index in [-0.39, 0.29) is 11.6 Å². The number of amides is 1. The van der Waals surface area contributed by atoms with Crippen LogP contribution in [0.1, 0.15) is 11.1 Å². The van der Waals surface area contributed by atoms with Crippen LogP contribution in [0.15, 0.2) is 88.1 Å². The molecule has 0 fully saturated rings. The first kappa shape index (κ1) is 20.7. The van der Waals surface area contributed by atoms with Gasteiger partial charge in [0.25, 0.3) is 5.69 Å². The van der Waals surface area contributed by atoms with Crippen LogP contribution in [-0.2, 0) is 4.79 Å². The second-order valence-electron chi connectivity index (χ2n) is 7.19. The van der Waals surface area contributed by atoms with Crippen molar-refractivity contribution >= 4 is 34.3 Å². The summed E-state index contributed by atoms with van der Waals surface area (Å²) in [4.78, 5) is 35.1. The van der Waals surface area contributed by atoms with Crippen LogP contribution in [0, 0.1) is 17.0 Å². The molecule has 0 saturated carbocycles. The molecule has 0 radical (unpaired) electrons. The van der Waals surface area contributed by atoms with Crippen LogP contribution in [0.25, 0.3) is 28.2 Å². The van der Waals surface area contributed by atoms with E-state index >= 15 is 0 Å². The third kappa shape index (κ3) is 4.46. The van der Waals surface area contributed by atoms with Crippen LogP contribution in [-0.4, -0.2) is 10.8 Å². The lowest BCUT2D eigenvalue weighted by Gasteiger charge is -2.09. The van der Waals surface area contributed by atoms with Crippen molar-refractivity contribution in [2.45, 2.75) is 6.92 Å². The number of benzene rings is 3. The lowest BCUT2D eigenvalue weighted by atomic mass is 10.0. The van der Waals surface area contributed by atoms with E-state index in [1.54, 1.807) is 48.5 Å². The molecule has 1 amide bonds. The summed E-state index contributed by atoms with van der Waals surface area (Å²) in [5.74, 6) is -0.381. The molecule has 158 valence electrons. The molecular formula is C25H18N2O5. The molecule has 1 aromatic heterocycles. The second kappa shape index (κ2) is 8.69. The number of hydrogen-bond acceptors (Lipinski definition) is 5. The fraction of sp³-hybridized carbons (Fsp3) is 0.0400. The van der Waals surface area contributed by atoms with Gasteiger partial charge >= 0.3 is 5.63 Å². The van der Waals surface area contributed by atoms with Gasteiger partial charge in [-0.15, -0.1) is 0 Å². The number of nitrogens with one attached hydrogen (secondary N) is 1. The zero-order valence-electron chi connectivity index (χ0n) is 17.1. The highest BCUT2D eigenvalue weighted by atomic mass is 16.6. The SMILES string of the molecule is Cc1cc(NC(=O)C=Cc2cccc([N+](=O)[O-])c2)ccc1-c1cc2ccccc2oc1=O. The van der Waals surface area contributed by atoms with Gasteiger partial charge in [0.05, 0.1) is 10.5 Å². The molecule has 0 bridgehead atoms. The third-order valence-electron chi connectivity index (χ3n) is 4.93. The molecule has 0 aliphatic carbocycles. The topological polar surface area (TPSA) is 102 Å². The van der Waals surface area contributed by atoms with Gasteiger partial charge in [-0.2, -0.15) is 0 Å². The number of para-hydroxylation sites is 1. The molecule has 4 rings (SSSR count). The van der Waals surface area contributed by atoms with E-state index in [1.165, 1.54) is 24.3 Å². The fourth-order valence-electron chi connectivity index (χ4n) is 3.39. The van der Waals surface area contributed by atoms with Crippen molar-refractivity contribution in [2.75, 3.05) is 5.32 Å². The van der Waals surface area contributed by atoms with E-state index in [0.717, 1.165) is 16.5 Å². The molecule has 0 saturated heterocycles. The van der Waals surface area contributed by atoms with Crippen LogP contribution in [0.4, 0.5) is 11.4 Å². The number of rotatable bonds is 5. The van der Waals surface area contributed by atoms with Gasteiger partial charge in [-0.1, -0.05) is 36.4 Å². The predicted octanol–water partition coefficient (Wildman–Crippen LogP) is 5.33. The van der Waals surface area contributed by atoms with Gasteiger partial charge in [0.2, 0.25) is 5.91 Å². The molecule has 7 heteroatoms. The Hall–Kier alpha value is -4.52. The molecule has 32 heavy (non-hydrogen) atoms. The van der Waals surface area contributed by atoms with Gasteiger partial charge in [-0.05, 0) is 54.0 Å². The van der Waals surface area contributed by atoms with Gasteiger partial charge in [0.1, 0.15) is 5.58 Å². The summed E-state index contributed by atoms with van der Waals surface area (Å²) in [5.41, 5.74) is 3.13. The van der Waals surface area contributed by atoms with Crippen molar-refractivity contribution in [3.05, 3.63) is 111 Å². The van der Waals surface area contributed by atoms with Crippen LogP contribution < -0.4 is 10.9 Å². The number of anilines is 1. The number of nitro benzene ring substituents is 1. The normalized spacial score (nSPS) is 11.0. The molecule has 1 heterocycles. The maximum Gasteiger partial charge on any atom is 0.344 e. The largest absolute Gasteiger partial charge is 0.422 e. The van der Waals surface area contributed by atoms with E-state index in [2.05, 4.69) is 5.32 Å². The summed E-state index contributed by atoms with van der Waals surface area (Å²) in [6.45, 7) is 1.85. The number of nitro groups is 1. The Morgan fingerprint density at radius 1 is 1.00 bits per heavy atom. The summed E-state index contributed by atoms with van der Waals surface area (Å²) in [6, 6.07) is 20.3. The fourth-order valence-corrected chi connectivity index (χ4v) is 3.39. The van der Waals surface area contributed by atoms with E-state index < -0.39 is 10.5 Å². The zero-order valence-corrected chi connectivity index (χ0v) is 17.1. The minimum atomic E-state index is -0.488. The first-order valence-electron chi connectivity index (χ1n) is 9.78. The highest BCUT2D eigenvalue weighted by Gasteiger charge is 2.11. The maximum absolute atomic E-state index is 12.4. The molecule has 1 N–H and O–H groups in total. The highest BCUT2D eigenvalue weighted by molar-refractivity contribution is 6.02. The van der Waals surface area contributed by atoms with Crippen LogP contribution in [0.2, 0.25) is 0 Å². The van der Waals surface area contributed by atoms with Crippen LogP contribution in [0.5, 0.6) is 0 Å². The molecule has 0 aliphatic rings. The van der Waals surface area contributed by atoms with E-state index in [1.807, 2.05) is 19.1 Å². The third-order valence-corrected chi connectivity index (χ3v) is 4.93. The minimum absolute atomic E-state index is 0.0445. The Balaban J connectivity index is 1.53. The second-order valence-corrected chi connectivity index (χ2v) is 7.19. The number of carbonyl (C=O) groups excluding carboxylic acids is 1. The lowest BCUT2D eigenvalue weighted by Crippen LogP contribution is -2.08.